The minimum Gasteiger partial charge on any atom is -0.325 e. The molecule has 5 rings (SSSR count). The van der Waals surface area contributed by atoms with Crippen molar-refractivity contribution in [1.29, 1.82) is 0 Å². The predicted octanol–water partition coefficient (Wildman–Crippen LogP) is 3.77. The Morgan fingerprint density at radius 2 is 1.85 bits per heavy atom. The maximum Gasteiger partial charge on any atom is 0.263 e. The van der Waals surface area contributed by atoms with Gasteiger partial charge in [0, 0.05) is 5.69 Å². The molecule has 1 aromatic heterocycles. The van der Waals surface area contributed by atoms with Gasteiger partial charge in [0.1, 0.15) is 0 Å². The van der Waals surface area contributed by atoms with Crippen LogP contribution >= 0.6 is 23.1 Å². The lowest BCUT2D eigenvalue weighted by molar-refractivity contribution is -0.116. The first-order chi connectivity index (χ1) is 13.2. The van der Waals surface area contributed by atoms with Crippen LogP contribution in [0.2, 0.25) is 0 Å². The number of carbonyl (C=O) groups excluding carboxylic acids is 2. The van der Waals surface area contributed by atoms with Gasteiger partial charge in [0.15, 0.2) is 5.17 Å². The Labute approximate surface area is 162 Å². The lowest BCUT2D eigenvalue weighted by atomic mass is 10.0. The molecule has 0 radical (unpaired) electrons. The van der Waals surface area contributed by atoms with E-state index in [9.17, 15) is 9.59 Å². The van der Waals surface area contributed by atoms with Crippen molar-refractivity contribution in [3.63, 3.8) is 0 Å². The summed E-state index contributed by atoms with van der Waals surface area (Å²) in [6, 6.07) is 15.3. The Hall–Kier alpha value is -2.97. The Morgan fingerprint density at radius 3 is 2.74 bits per heavy atom. The molecule has 1 unspecified atom stereocenters. The van der Waals surface area contributed by atoms with Gasteiger partial charge in [-0.05, 0) is 41.6 Å². The number of thioether (sulfide) groups is 1. The van der Waals surface area contributed by atoms with E-state index in [0.717, 1.165) is 21.5 Å². The van der Waals surface area contributed by atoms with Gasteiger partial charge in [-0.2, -0.15) is 4.99 Å². The molecule has 3 heterocycles. The lowest BCUT2D eigenvalue weighted by Gasteiger charge is -2.02. The number of anilines is 1. The molecule has 1 fully saturated rings. The van der Waals surface area contributed by atoms with E-state index in [1.54, 1.807) is 6.08 Å². The van der Waals surface area contributed by atoms with Crippen LogP contribution in [0.4, 0.5) is 10.8 Å². The number of aromatic nitrogens is 1. The predicted molar refractivity (Wildman–Crippen MR) is 108 cm³/mol. The van der Waals surface area contributed by atoms with E-state index in [-0.39, 0.29) is 11.8 Å². The van der Waals surface area contributed by atoms with E-state index in [2.05, 4.69) is 20.6 Å². The molecule has 3 aromatic rings. The molecule has 0 aliphatic carbocycles. The standard InChI is InChI=1S/C19H12N4O2S2/c24-16-11(10-5-1-2-6-12(10)20-16)9-15-17(25)22-19(27-15)23-18-21-13-7-3-4-8-14(13)26-18/h1-9,11H,(H,20,24)(H,21,22,23,25)/b15-9-. The van der Waals surface area contributed by atoms with Gasteiger partial charge in [0.05, 0.1) is 21.0 Å². The summed E-state index contributed by atoms with van der Waals surface area (Å²) in [5.41, 5.74) is 2.54. The first-order valence-electron chi connectivity index (χ1n) is 8.22. The maximum atomic E-state index is 12.3. The summed E-state index contributed by atoms with van der Waals surface area (Å²) < 4.78 is 1.04. The quantitative estimate of drug-likeness (QED) is 0.651. The Morgan fingerprint density at radius 1 is 1.04 bits per heavy atom. The van der Waals surface area contributed by atoms with Gasteiger partial charge < -0.3 is 10.6 Å². The maximum absolute atomic E-state index is 12.3. The fraction of sp³-hybridized carbons (Fsp3) is 0.0526. The lowest BCUT2D eigenvalue weighted by Crippen LogP contribution is -2.20. The summed E-state index contributed by atoms with van der Waals surface area (Å²) >= 11 is 2.69. The van der Waals surface area contributed by atoms with Crippen LogP contribution in [0.25, 0.3) is 10.2 Å². The highest BCUT2D eigenvalue weighted by atomic mass is 32.2. The van der Waals surface area contributed by atoms with Gasteiger partial charge in [-0.15, -0.1) is 0 Å². The van der Waals surface area contributed by atoms with Gasteiger partial charge >= 0.3 is 0 Å². The summed E-state index contributed by atoms with van der Waals surface area (Å²) in [6.45, 7) is 0. The number of amides is 2. The molecule has 2 N–H and O–H groups in total. The number of para-hydroxylation sites is 2. The highest BCUT2D eigenvalue weighted by molar-refractivity contribution is 8.18. The summed E-state index contributed by atoms with van der Waals surface area (Å²) in [6.07, 6.45) is 1.70. The number of benzene rings is 2. The number of thiazole rings is 1. The molecular formula is C19H12N4O2S2. The third-order valence-corrected chi connectivity index (χ3v) is 6.14. The fourth-order valence-corrected chi connectivity index (χ4v) is 4.77. The van der Waals surface area contributed by atoms with Crippen molar-refractivity contribution in [3.05, 3.63) is 65.1 Å². The van der Waals surface area contributed by atoms with Crippen molar-refractivity contribution in [2.24, 2.45) is 4.99 Å². The average Bonchev–Trinajstić information content (AvgIpc) is 3.31. The molecule has 6 nitrogen and oxygen atoms in total. The normalized spacial score (nSPS) is 21.7. The van der Waals surface area contributed by atoms with Gasteiger partial charge in [0.25, 0.3) is 5.91 Å². The highest BCUT2D eigenvalue weighted by Crippen LogP contribution is 2.37. The Balaban J connectivity index is 1.43. The monoisotopic (exact) mass is 392 g/mol. The Bertz CT molecular complexity index is 1130. The first-order valence-corrected chi connectivity index (χ1v) is 9.86. The molecule has 27 heavy (non-hydrogen) atoms. The zero-order valence-electron chi connectivity index (χ0n) is 13.8. The van der Waals surface area contributed by atoms with Crippen LogP contribution in [0, 0.1) is 0 Å². The van der Waals surface area contributed by atoms with Crippen molar-refractivity contribution < 1.29 is 9.59 Å². The second-order valence-corrected chi connectivity index (χ2v) is 8.06. The van der Waals surface area contributed by atoms with Gasteiger partial charge in [-0.25, -0.2) is 4.98 Å². The van der Waals surface area contributed by atoms with E-state index in [0.29, 0.717) is 15.2 Å². The number of fused-ring (bicyclic) bond motifs is 2. The van der Waals surface area contributed by atoms with E-state index in [1.807, 2.05) is 48.5 Å². The molecule has 0 spiro atoms. The molecule has 132 valence electrons. The van der Waals surface area contributed by atoms with Crippen LogP contribution in [-0.2, 0) is 9.59 Å². The molecule has 8 heteroatoms. The van der Waals surface area contributed by atoms with Crippen LogP contribution in [0.5, 0.6) is 0 Å². The number of hydrogen-bond acceptors (Lipinski definition) is 6. The van der Waals surface area contributed by atoms with Crippen molar-refractivity contribution in [3.8, 4) is 0 Å². The molecule has 2 amide bonds. The second-order valence-electron chi connectivity index (χ2n) is 6.02. The third-order valence-electron chi connectivity index (χ3n) is 4.28. The second kappa shape index (κ2) is 6.33. The zero-order valence-corrected chi connectivity index (χ0v) is 15.4. The molecule has 2 aliphatic heterocycles. The van der Waals surface area contributed by atoms with Crippen LogP contribution in [-0.4, -0.2) is 22.0 Å². The summed E-state index contributed by atoms with van der Waals surface area (Å²) in [5, 5.41) is 6.65. The molecule has 1 saturated heterocycles. The largest absolute Gasteiger partial charge is 0.325 e. The summed E-state index contributed by atoms with van der Waals surface area (Å²) in [4.78, 5) is 34.0. The minimum atomic E-state index is -0.476. The smallest absolute Gasteiger partial charge is 0.263 e. The van der Waals surface area contributed by atoms with Crippen molar-refractivity contribution >= 4 is 61.1 Å². The SMILES string of the molecule is O=C1N/C(=N\c2nc3ccccc3s2)S/C1=C\C1C(=O)Nc2ccccc21. The van der Waals surface area contributed by atoms with Gasteiger partial charge in [-0.3, -0.25) is 9.59 Å². The molecule has 2 aromatic carbocycles. The van der Waals surface area contributed by atoms with Crippen LogP contribution < -0.4 is 10.6 Å². The molecular weight excluding hydrogens is 380 g/mol. The number of aliphatic imine (C=N–C) groups is 1. The molecule has 1 atom stereocenters. The number of nitrogens with zero attached hydrogens (tertiary/aromatic N) is 2. The topological polar surface area (TPSA) is 83.5 Å². The number of hydrogen-bond donors (Lipinski definition) is 2. The van der Waals surface area contributed by atoms with Gasteiger partial charge in [0.2, 0.25) is 11.0 Å². The Kier molecular flexibility index (Phi) is 3.80. The first kappa shape index (κ1) is 16.2. The number of amidine groups is 1. The number of rotatable bonds is 2. The fourth-order valence-electron chi connectivity index (χ4n) is 3.04. The van der Waals surface area contributed by atoms with E-state index >= 15 is 0 Å². The number of nitrogens with one attached hydrogen (secondary N) is 2. The van der Waals surface area contributed by atoms with Gasteiger partial charge in [-0.1, -0.05) is 41.7 Å². The van der Waals surface area contributed by atoms with E-state index in [1.165, 1.54) is 23.1 Å². The third kappa shape index (κ3) is 2.92. The summed E-state index contributed by atoms with van der Waals surface area (Å²) in [7, 11) is 0. The van der Waals surface area contributed by atoms with E-state index < -0.39 is 5.92 Å². The van der Waals surface area contributed by atoms with Crippen molar-refractivity contribution in [2.45, 2.75) is 5.92 Å². The molecule has 2 aliphatic rings. The molecule has 0 saturated carbocycles. The highest BCUT2D eigenvalue weighted by Gasteiger charge is 2.32. The van der Waals surface area contributed by atoms with Crippen LogP contribution in [0.1, 0.15) is 11.5 Å². The summed E-state index contributed by atoms with van der Waals surface area (Å²) in [5.74, 6) is -0.859. The van der Waals surface area contributed by atoms with Crippen molar-refractivity contribution in [1.82, 2.24) is 10.3 Å². The van der Waals surface area contributed by atoms with Crippen molar-refractivity contribution in [2.75, 3.05) is 5.32 Å². The number of carbonyl (C=O) groups is 2. The zero-order chi connectivity index (χ0) is 18.4. The molecule has 0 bridgehead atoms. The average molecular weight is 392 g/mol. The van der Waals surface area contributed by atoms with E-state index in [4.69, 9.17) is 0 Å². The minimum absolute atomic E-state index is 0.131. The van der Waals surface area contributed by atoms with Crippen LogP contribution in [0.3, 0.4) is 0 Å². The van der Waals surface area contributed by atoms with Crippen LogP contribution in [0.15, 0.2) is 64.5 Å².